The quantitative estimate of drug-likeness (QED) is 0.787. The fourth-order valence-electron chi connectivity index (χ4n) is 3.19. The molecule has 1 aromatic carbocycles. The zero-order valence-electron chi connectivity index (χ0n) is 14.1. The van der Waals surface area contributed by atoms with Crippen LogP contribution >= 0.6 is 0 Å². The van der Waals surface area contributed by atoms with E-state index in [4.69, 9.17) is 0 Å². The Morgan fingerprint density at radius 3 is 2.52 bits per heavy atom. The van der Waals surface area contributed by atoms with Crippen LogP contribution in [-0.2, 0) is 25.6 Å². The maximum Gasteiger partial charge on any atom is 0.230 e. The molecule has 0 saturated carbocycles. The summed E-state index contributed by atoms with van der Waals surface area (Å²) >= 11 is 0. The van der Waals surface area contributed by atoms with Crippen LogP contribution in [0.15, 0.2) is 24.3 Å². The number of benzene rings is 1. The second-order valence-electron chi connectivity index (χ2n) is 6.71. The first-order valence-corrected chi connectivity index (χ1v) is 8.40. The molecule has 2 atom stereocenters. The number of hydrogen-bond acceptors (Lipinski definition) is 4. The molecule has 132 valence electrons. The zero-order valence-corrected chi connectivity index (χ0v) is 14.1. The van der Waals surface area contributed by atoms with E-state index in [0.29, 0.717) is 25.1 Å². The van der Waals surface area contributed by atoms with E-state index < -0.39 is 0 Å². The van der Waals surface area contributed by atoms with Crippen LogP contribution in [0.2, 0.25) is 0 Å². The number of rotatable bonds is 4. The number of hydrogen-bond donors (Lipinski definition) is 2. The number of imide groups is 1. The van der Waals surface area contributed by atoms with E-state index >= 15 is 0 Å². The van der Waals surface area contributed by atoms with Gasteiger partial charge in [-0.3, -0.25) is 24.5 Å². The molecule has 0 bridgehead atoms. The lowest BCUT2D eigenvalue weighted by Gasteiger charge is -2.27. The van der Waals surface area contributed by atoms with Crippen LogP contribution in [-0.4, -0.2) is 42.1 Å². The van der Waals surface area contributed by atoms with E-state index in [1.54, 1.807) is 24.1 Å². The molecule has 0 radical (unpaired) electrons. The second kappa shape index (κ2) is 7.04. The molecule has 2 N–H and O–H groups in total. The van der Waals surface area contributed by atoms with Gasteiger partial charge in [0.15, 0.2) is 0 Å². The number of carbonyl (C=O) groups excluding carboxylic acids is 4. The lowest BCUT2D eigenvalue weighted by atomic mass is 9.95. The van der Waals surface area contributed by atoms with Gasteiger partial charge in [-0.1, -0.05) is 12.1 Å². The van der Waals surface area contributed by atoms with Gasteiger partial charge in [0.05, 0.1) is 5.92 Å². The summed E-state index contributed by atoms with van der Waals surface area (Å²) in [5, 5.41) is 5.14. The predicted octanol–water partition coefficient (Wildman–Crippen LogP) is 0.699. The Kier molecular flexibility index (Phi) is 4.83. The van der Waals surface area contributed by atoms with E-state index in [1.807, 2.05) is 12.1 Å². The Bertz CT molecular complexity index is 714. The highest BCUT2D eigenvalue weighted by Gasteiger charge is 2.30. The molecule has 0 aromatic heterocycles. The van der Waals surface area contributed by atoms with Gasteiger partial charge in [0, 0.05) is 38.0 Å². The average Bonchev–Trinajstić information content (AvgIpc) is 2.89. The van der Waals surface area contributed by atoms with E-state index in [1.165, 1.54) is 0 Å². The number of nitrogens with zero attached hydrogens (tertiary/aromatic N) is 1. The largest absolute Gasteiger partial charge is 0.346 e. The van der Waals surface area contributed by atoms with Crippen LogP contribution in [0, 0.1) is 11.8 Å². The van der Waals surface area contributed by atoms with Gasteiger partial charge < -0.3 is 10.2 Å². The molecule has 2 aliphatic rings. The molecule has 2 saturated heterocycles. The van der Waals surface area contributed by atoms with Crippen molar-refractivity contribution in [3.8, 4) is 0 Å². The van der Waals surface area contributed by atoms with Crippen molar-refractivity contribution in [3.63, 3.8) is 0 Å². The summed E-state index contributed by atoms with van der Waals surface area (Å²) in [6.07, 6.45) is 1.62. The fourth-order valence-corrected chi connectivity index (χ4v) is 3.19. The molecular weight excluding hydrogens is 322 g/mol. The number of piperidine rings is 1. The molecular formula is C18H21N3O4. The first-order chi connectivity index (χ1) is 11.9. The van der Waals surface area contributed by atoms with Crippen molar-refractivity contribution in [3.05, 3.63) is 29.8 Å². The summed E-state index contributed by atoms with van der Waals surface area (Å²) < 4.78 is 0. The molecule has 25 heavy (non-hydrogen) atoms. The Morgan fingerprint density at radius 2 is 1.92 bits per heavy atom. The van der Waals surface area contributed by atoms with Crippen LogP contribution in [0.5, 0.6) is 0 Å². The summed E-state index contributed by atoms with van der Waals surface area (Å²) in [7, 11) is 1.74. The normalized spacial score (nSPS) is 23.6. The Balaban J connectivity index is 1.55. The molecule has 0 aliphatic carbocycles. The van der Waals surface area contributed by atoms with E-state index in [0.717, 1.165) is 5.56 Å². The molecule has 2 aliphatic heterocycles. The van der Waals surface area contributed by atoms with Gasteiger partial charge in [-0.2, -0.15) is 0 Å². The summed E-state index contributed by atoms with van der Waals surface area (Å²) in [4.78, 5) is 48.5. The first-order valence-electron chi connectivity index (χ1n) is 8.40. The fraction of sp³-hybridized carbons (Fsp3) is 0.444. The van der Waals surface area contributed by atoms with Crippen molar-refractivity contribution >= 4 is 29.3 Å². The summed E-state index contributed by atoms with van der Waals surface area (Å²) in [6.45, 7) is 0.595. The molecule has 2 fully saturated rings. The SMILES string of the molecule is CN1CC[C@@H](C(=O)Nc2ccc(C[C@@H]3CC(=O)NC3=O)cc2)CC1=O. The van der Waals surface area contributed by atoms with Gasteiger partial charge in [0.25, 0.3) is 0 Å². The standard InChI is InChI=1S/C18H21N3O4/c1-21-7-6-12(10-16(21)23)17(24)19-14-4-2-11(3-5-14)8-13-9-15(22)20-18(13)25/h2-5,12-13H,6-10H2,1H3,(H,19,24)(H,20,22,25)/t12-,13-/m1/s1. The smallest absolute Gasteiger partial charge is 0.230 e. The molecule has 2 heterocycles. The minimum atomic E-state index is -0.321. The number of likely N-dealkylation sites (tertiary alicyclic amines) is 1. The van der Waals surface area contributed by atoms with Gasteiger partial charge in [-0.25, -0.2) is 0 Å². The molecule has 0 spiro atoms. The minimum absolute atomic E-state index is 0.00821. The Morgan fingerprint density at radius 1 is 1.20 bits per heavy atom. The van der Waals surface area contributed by atoms with E-state index in [2.05, 4.69) is 10.6 Å². The van der Waals surface area contributed by atoms with Crippen LogP contribution in [0.3, 0.4) is 0 Å². The van der Waals surface area contributed by atoms with Crippen LogP contribution in [0.25, 0.3) is 0 Å². The lowest BCUT2D eigenvalue weighted by Crippen LogP contribution is -2.39. The highest BCUT2D eigenvalue weighted by atomic mass is 16.2. The maximum absolute atomic E-state index is 12.3. The highest BCUT2D eigenvalue weighted by Crippen LogP contribution is 2.21. The van der Waals surface area contributed by atoms with Gasteiger partial charge in [-0.05, 0) is 30.5 Å². The van der Waals surface area contributed by atoms with Crippen LogP contribution < -0.4 is 10.6 Å². The van der Waals surface area contributed by atoms with Crippen LogP contribution in [0.1, 0.15) is 24.8 Å². The van der Waals surface area contributed by atoms with Gasteiger partial charge in [-0.15, -0.1) is 0 Å². The molecule has 4 amide bonds. The number of amides is 4. The minimum Gasteiger partial charge on any atom is -0.346 e. The van der Waals surface area contributed by atoms with Gasteiger partial charge in [0.1, 0.15) is 0 Å². The van der Waals surface area contributed by atoms with Crippen molar-refractivity contribution in [2.24, 2.45) is 11.8 Å². The molecule has 3 rings (SSSR count). The maximum atomic E-state index is 12.3. The van der Waals surface area contributed by atoms with Gasteiger partial charge >= 0.3 is 0 Å². The lowest BCUT2D eigenvalue weighted by molar-refractivity contribution is -0.137. The topological polar surface area (TPSA) is 95.6 Å². The van der Waals surface area contributed by atoms with Crippen molar-refractivity contribution in [2.45, 2.75) is 25.7 Å². The van der Waals surface area contributed by atoms with Gasteiger partial charge in [0.2, 0.25) is 23.6 Å². The number of carbonyl (C=O) groups is 4. The van der Waals surface area contributed by atoms with Crippen LogP contribution in [0.4, 0.5) is 5.69 Å². The second-order valence-corrected chi connectivity index (χ2v) is 6.71. The molecule has 1 aromatic rings. The van der Waals surface area contributed by atoms with Crippen molar-refractivity contribution in [1.82, 2.24) is 10.2 Å². The van der Waals surface area contributed by atoms with Crippen molar-refractivity contribution in [1.29, 1.82) is 0 Å². The summed E-state index contributed by atoms with van der Waals surface area (Å²) in [5.74, 6) is -1.23. The van der Waals surface area contributed by atoms with Crippen molar-refractivity contribution < 1.29 is 19.2 Å². The predicted molar refractivity (Wildman–Crippen MR) is 90.4 cm³/mol. The summed E-state index contributed by atoms with van der Waals surface area (Å²) in [5.41, 5.74) is 1.59. The van der Waals surface area contributed by atoms with Crippen molar-refractivity contribution in [2.75, 3.05) is 18.9 Å². The van der Waals surface area contributed by atoms with E-state index in [9.17, 15) is 19.2 Å². The third kappa shape index (κ3) is 4.04. The molecule has 0 unspecified atom stereocenters. The summed E-state index contributed by atoms with van der Waals surface area (Å²) in [6, 6.07) is 7.23. The number of anilines is 1. The zero-order chi connectivity index (χ0) is 18.0. The number of nitrogens with one attached hydrogen (secondary N) is 2. The highest BCUT2D eigenvalue weighted by molar-refractivity contribution is 6.03. The third-order valence-electron chi connectivity index (χ3n) is 4.80. The molecule has 7 nitrogen and oxygen atoms in total. The Labute approximate surface area is 145 Å². The first kappa shape index (κ1) is 17.1. The Hall–Kier alpha value is -2.70. The average molecular weight is 343 g/mol. The monoisotopic (exact) mass is 343 g/mol. The molecule has 7 heteroatoms. The van der Waals surface area contributed by atoms with E-state index in [-0.39, 0.29) is 48.3 Å². The third-order valence-corrected chi connectivity index (χ3v) is 4.80.